The average molecular weight is 261 g/mol. The lowest BCUT2D eigenvalue weighted by Crippen LogP contribution is -1.91. The van der Waals surface area contributed by atoms with Gasteiger partial charge in [0.1, 0.15) is 5.75 Å². The van der Waals surface area contributed by atoms with E-state index in [1.165, 1.54) is 0 Å². The number of ether oxygens (including phenoxy) is 1. The van der Waals surface area contributed by atoms with Crippen LogP contribution in [-0.2, 0) is 0 Å². The van der Waals surface area contributed by atoms with Crippen LogP contribution in [0.4, 0.5) is 5.69 Å². The molecule has 0 bridgehead atoms. The maximum absolute atomic E-state index is 5.87. The van der Waals surface area contributed by atoms with Crippen molar-refractivity contribution in [1.82, 2.24) is 0 Å². The van der Waals surface area contributed by atoms with E-state index in [-0.39, 0.29) is 0 Å². The third-order valence-electron chi connectivity index (χ3n) is 2.33. The fourth-order valence-corrected chi connectivity index (χ4v) is 1.65. The van der Waals surface area contributed by atoms with Crippen molar-refractivity contribution >= 4 is 23.5 Å². The maximum atomic E-state index is 5.87. The molecule has 0 fully saturated rings. The standard InChI is InChI=1S/C14H13ClN2O/c1-18-14-7-2-4-11(8-14)10-16-17-13-6-3-5-12(15)9-13/h2-10,17H,1H3/b16-10-. The minimum absolute atomic E-state index is 0.677. The largest absolute Gasteiger partial charge is 0.497 e. The van der Waals surface area contributed by atoms with E-state index in [0.717, 1.165) is 17.0 Å². The van der Waals surface area contributed by atoms with Gasteiger partial charge in [-0.25, -0.2) is 0 Å². The number of anilines is 1. The predicted molar refractivity (Wildman–Crippen MR) is 75.7 cm³/mol. The Morgan fingerprint density at radius 3 is 2.78 bits per heavy atom. The van der Waals surface area contributed by atoms with E-state index in [2.05, 4.69) is 10.5 Å². The molecule has 0 aliphatic rings. The molecule has 0 saturated heterocycles. The molecule has 2 aromatic rings. The van der Waals surface area contributed by atoms with Crippen molar-refractivity contribution in [3.05, 3.63) is 59.1 Å². The Labute approximate surface area is 111 Å². The van der Waals surface area contributed by atoms with Gasteiger partial charge in [-0.05, 0) is 35.9 Å². The Morgan fingerprint density at radius 1 is 1.17 bits per heavy atom. The van der Waals surface area contributed by atoms with E-state index in [9.17, 15) is 0 Å². The van der Waals surface area contributed by atoms with Crippen molar-refractivity contribution in [3.8, 4) is 5.75 Å². The second-order valence-electron chi connectivity index (χ2n) is 3.66. The van der Waals surface area contributed by atoms with Gasteiger partial charge in [-0.1, -0.05) is 29.8 Å². The Morgan fingerprint density at radius 2 is 2.00 bits per heavy atom. The van der Waals surface area contributed by atoms with E-state index in [4.69, 9.17) is 16.3 Å². The summed E-state index contributed by atoms with van der Waals surface area (Å²) in [6, 6.07) is 15.1. The van der Waals surface area contributed by atoms with Gasteiger partial charge in [-0.3, -0.25) is 5.43 Å². The summed E-state index contributed by atoms with van der Waals surface area (Å²) in [6.07, 6.45) is 1.73. The zero-order valence-electron chi connectivity index (χ0n) is 9.93. The van der Waals surface area contributed by atoms with E-state index < -0.39 is 0 Å². The van der Waals surface area contributed by atoms with Crippen LogP contribution in [0.25, 0.3) is 0 Å². The van der Waals surface area contributed by atoms with Crippen molar-refractivity contribution < 1.29 is 4.74 Å². The van der Waals surface area contributed by atoms with E-state index in [1.54, 1.807) is 13.3 Å². The zero-order valence-corrected chi connectivity index (χ0v) is 10.7. The van der Waals surface area contributed by atoms with Gasteiger partial charge in [-0.15, -0.1) is 0 Å². The Bertz CT molecular complexity index is 555. The monoisotopic (exact) mass is 260 g/mol. The molecule has 0 heterocycles. The predicted octanol–water partition coefficient (Wildman–Crippen LogP) is 3.79. The molecule has 0 unspecified atom stereocenters. The van der Waals surface area contributed by atoms with Gasteiger partial charge in [0.25, 0.3) is 0 Å². The molecule has 0 aromatic heterocycles. The lowest BCUT2D eigenvalue weighted by molar-refractivity contribution is 0.415. The highest BCUT2D eigenvalue weighted by Crippen LogP contribution is 2.15. The Balaban J connectivity index is 2.02. The average Bonchev–Trinajstić information content (AvgIpc) is 2.39. The molecule has 0 saturated carbocycles. The van der Waals surface area contributed by atoms with Crippen molar-refractivity contribution in [2.45, 2.75) is 0 Å². The van der Waals surface area contributed by atoms with Gasteiger partial charge in [0, 0.05) is 5.02 Å². The maximum Gasteiger partial charge on any atom is 0.119 e. The van der Waals surface area contributed by atoms with Gasteiger partial charge in [0.15, 0.2) is 0 Å². The molecule has 0 aliphatic carbocycles. The highest BCUT2D eigenvalue weighted by Gasteiger charge is 1.93. The van der Waals surface area contributed by atoms with Crippen molar-refractivity contribution in [2.75, 3.05) is 12.5 Å². The van der Waals surface area contributed by atoms with Gasteiger partial charge in [0.2, 0.25) is 0 Å². The van der Waals surface area contributed by atoms with Crippen LogP contribution in [0.1, 0.15) is 5.56 Å². The smallest absolute Gasteiger partial charge is 0.119 e. The van der Waals surface area contributed by atoms with E-state index in [1.807, 2.05) is 48.5 Å². The first-order valence-electron chi connectivity index (χ1n) is 5.46. The molecular weight excluding hydrogens is 248 g/mol. The van der Waals surface area contributed by atoms with Crippen LogP contribution in [0.5, 0.6) is 5.75 Å². The lowest BCUT2D eigenvalue weighted by Gasteiger charge is -2.01. The number of rotatable bonds is 4. The number of nitrogens with zero attached hydrogens (tertiary/aromatic N) is 1. The first kappa shape index (κ1) is 12.5. The van der Waals surface area contributed by atoms with Crippen LogP contribution >= 0.6 is 11.6 Å². The first-order valence-corrected chi connectivity index (χ1v) is 5.84. The Hall–Kier alpha value is -2.00. The number of nitrogens with one attached hydrogen (secondary N) is 1. The molecule has 2 aromatic carbocycles. The second kappa shape index (κ2) is 6.07. The molecule has 0 spiro atoms. The van der Waals surface area contributed by atoms with Crippen LogP contribution in [0.2, 0.25) is 5.02 Å². The summed E-state index contributed by atoms with van der Waals surface area (Å²) in [5.74, 6) is 0.807. The summed E-state index contributed by atoms with van der Waals surface area (Å²) in [5, 5.41) is 4.82. The number of hydrogen-bond acceptors (Lipinski definition) is 3. The van der Waals surface area contributed by atoms with E-state index in [0.29, 0.717) is 5.02 Å². The summed E-state index contributed by atoms with van der Waals surface area (Å²) in [5.41, 5.74) is 4.73. The van der Waals surface area contributed by atoms with Crippen LogP contribution in [0.3, 0.4) is 0 Å². The van der Waals surface area contributed by atoms with E-state index >= 15 is 0 Å². The van der Waals surface area contributed by atoms with Crippen LogP contribution in [0.15, 0.2) is 53.6 Å². The molecule has 4 heteroatoms. The van der Waals surface area contributed by atoms with Crippen LogP contribution in [0, 0.1) is 0 Å². The van der Waals surface area contributed by atoms with Gasteiger partial charge >= 0.3 is 0 Å². The summed E-state index contributed by atoms with van der Waals surface area (Å²) < 4.78 is 5.14. The highest BCUT2D eigenvalue weighted by atomic mass is 35.5. The molecule has 3 nitrogen and oxygen atoms in total. The minimum Gasteiger partial charge on any atom is -0.497 e. The Kier molecular flexibility index (Phi) is 4.20. The molecule has 0 aliphatic heterocycles. The first-order chi connectivity index (χ1) is 8.78. The SMILES string of the molecule is COc1cccc(/C=N\Nc2cccc(Cl)c2)c1. The normalized spacial score (nSPS) is 10.6. The number of benzene rings is 2. The van der Waals surface area contributed by atoms with Crippen molar-refractivity contribution in [3.63, 3.8) is 0 Å². The third kappa shape index (κ3) is 3.50. The fraction of sp³-hybridized carbons (Fsp3) is 0.0714. The molecule has 0 atom stereocenters. The topological polar surface area (TPSA) is 33.6 Å². The zero-order chi connectivity index (χ0) is 12.8. The minimum atomic E-state index is 0.677. The summed E-state index contributed by atoms with van der Waals surface area (Å²) in [6.45, 7) is 0. The van der Waals surface area contributed by atoms with Crippen LogP contribution < -0.4 is 10.2 Å². The number of hydrogen-bond donors (Lipinski definition) is 1. The molecule has 0 amide bonds. The van der Waals surface area contributed by atoms with Crippen LogP contribution in [-0.4, -0.2) is 13.3 Å². The number of hydrazone groups is 1. The molecule has 18 heavy (non-hydrogen) atoms. The quantitative estimate of drug-likeness (QED) is 0.670. The highest BCUT2D eigenvalue weighted by molar-refractivity contribution is 6.30. The summed E-state index contributed by atoms with van der Waals surface area (Å²) >= 11 is 5.87. The van der Waals surface area contributed by atoms with Gasteiger partial charge < -0.3 is 4.74 Å². The van der Waals surface area contributed by atoms with Gasteiger partial charge in [-0.2, -0.15) is 5.10 Å². The number of halogens is 1. The molecule has 1 N–H and O–H groups in total. The lowest BCUT2D eigenvalue weighted by atomic mass is 10.2. The van der Waals surface area contributed by atoms with Gasteiger partial charge in [0.05, 0.1) is 19.0 Å². The fourth-order valence-electron chi connectivity index (χ4n) is 1.46. The molecule has 0 radical (unpaired) electrons. The molecular formula is C14H13ClN2O. The second-order valence-corrected chi connectivity index (χ2v) is 4.09. The van der Waals surface area contributed by atoms with Crippen molar-refractivity contribution in [1.29, 1.82) is 0 Å². The van der Waals surface area contributed by atoms with Crippen molar-refractivity contribution in [2.24, 2.45) is 5.10 Å². The number of methoxy groups -OCH3 is 1. The summed E-state index contributed by atoms with van der Waals surface area (Å²) in [4.78, 5) is 0. The molecule has 92 valence electrons. The molecule has 2 rings (SSSR count). The summed E-state index contributed by atoms with van der Waals surface area (Å²) in [7, 11) is 1.64. The third-order valence-corrected chi connectivity index (χ3v) is 2.56.